The molecule has 1 fully saturated rings. The van der Waals surface area contributed by atoms with Gasteiger partial charge in [0.05, 0.1) is 11.2 Å². The Morgan fingerprint density at radius 1 is 1.42 bits per heavy atom. The van der Waals surface area contributed by atoms with Crippen molar-refractivity contribution in [3.8, 4) is 0 Å². The highest BCUT2D eigenvalue weighted by Crippen LogP contribution is 2.36. The van der Waals surface area contributed by atoms with Crippen molar-refractivity contribution in [1.29, 1.82) is 0 Å². The van der Waals surface area contributed by atoms with Crippen LogP contribution >= 0.6 is 23.5 Å². The zero-order valence-corrected chi connectivity index (χ0v) is 13.5. The van der Waals surface area contributed by atoms with Crippen molar-refractivity contribution < 1.29 is 4.52 Å². The SMILES string of the molecule is CC(C)(C)CC(CN)c1nc(C2CSCCS2)no1. The average Bonchev–Trinajstić information content (AvgIpc) is 2.85. The minimum atomic E-state index is 0.169. The first-order chi connectivity index (χ1) is 8.99. The maximum atomic E-state index is 5.86. The molecule has 0 saturated carbocycles. The molecule has 108 valence electrons. The number of thioether (sulfide) groups is 2. The molecule has 1 aromatic heterocycles. The van der Waals surface area contributed by atoms with Gasteiger partial charge in [-0.1, -0.05) is 25.9 Å². The van der Waals surface area contributed by atoms with E-state index in [1.165, 1.54) is 11.5 Å². The van der Waals surface area contributed by atoms with Gasteiger partial charge >= 0.3 is 0 Å². The van der Waals surface area contributed by atoms with E-state index in [-0.39, 0.29) is 11.3 Å². The van der Waals surface area contributed by atoms with Gasteiger partial charge in [0.15, 0.2) is 5.82 Å². The monoisotopic (exact) mass is 301 g/mol. The molecule has 2 N–H and O–H groups in total. The number of aromatic nitrogens is 2. The van der Waals surface area contributed by atoms with Crippen molar-refractivity contribution >= 4 is 23.5 Å². The summed E-state index contributed by atoms with van der Waals surface area (Å²) in [5.74, 6) is 5.20. The molecule has 0 bridgehead atoms. The molecule has 0 aromatic carbocycles. The Hall–Kier alpha value is -0.200. The minimum Gasteiger partial charge on any atom is -0.339 e. The van der Waals surface area contributed by atoms with Crippen LogP contribution in [0.5, 0.6) is 0 Å². The quantitative estimate of drug-likeness (QED) is 0.922. The Bertz CT molecular complexity index is 397. The normalized spacial score (nSPS) is 22.4. The van der Waals surface area contributed by atoms with Crippen molar-refractivity contribution in [3.63, 3.8) is 0 Å². The van der Waals surface area contributed by atoms with E-state index >= 15 is 0 Å². The number of nitrogens with two attached hydrogens (primary N) is 1. The number of rotatable bonds is 4. The van der Waals surface area contributed by atoms with E-state index in [2.05, 4.69) is 30.9 Å². The van der Waals surface area contributed by atoms with Gasteiger partial charge < -0.3 is 10.3 Å². The van der Waals surface area contributed by atoms with Gasteiger partial charge in [0.1, 0.15) is 0 Å². The topological polar surface area (TPSA) is 64.9 Å². The minimum absolute atomic E-state index is 0.169. The van der Waals surface area contributed by atoms with Crippen LogP contribution in [0, 0.1) is 5.41 Å². The summed E-state index contributed by atoms with van der Waals surface area (Å²) in [7, 11) is 0. The Morgan fingerprint density at radius 2 is 2.21 bits per heavy atom. The van der Waals surface area contributed by atoms with Gasteiger partial charge in [-0.3, -0.25) is 0 Å². The molecule has 4 nitrogen and oxygen atoms in total. The fourth-order valence-electron chi connectivity index (χ4n) is 2.19. The first kappa shape index (κ1) is 15.2. The molecule has 0 radical (unpaired) electrons. The molecule has 2 atom stereocenters. The second-order valence-corrected chi connectivity index (χ2v) is 8.58. The number of hydrogen-bond acceptors (Lipinski definition) is 6. The van der Waals surface area contributed by atoms with Crippen LogP contribution in [0.1, 0.15) is 50.1 Å². The van der Waals surface area contributed by atoms with Crippen LogP contribution in [0.25, 0.3) is 0 Å². The third-order valence-corrected chi connectivity index (χ3v) is 5.80. The summed E-state index contributed by atoms with van der Waals surface area (Å²) >= 11 is 3.89. The largest absolute Gasteiger partial charge is 0.339 e. The van der Waals surface area contributed by atoms with E-state index in [0.717, 1.165) is 18.0 Å². The highest BCUT2D eigenvalue weighted by atomic mass is 32.2. The third kappa shape index (κ3) is 4.39. The molecule has 0 aliphatic carbocycles. The van der Waals surface area contributed by atoms with Crippen molar-refractivity contribution in [2.24, 2.45) is 11.1 Å². The third-order valence-electron chi connectivity index (χ3n) is 3.05. The van der Waals surface area contributed by atoms with Gasteiger partial charge in [0.25, 0.3) is 0 Å². The molecule has 2 unspecified atom stereocenters. The second-order valence-electron chi connectivity index (χ2n) is 6.12. The molecule has 2 rings (SSSR count). The van der Waals surface area contributed by atoms with Crippen molar-refractivity contribution in [2.45, 2.75) is 38.4 Å². The van der Waals surface area contributed by atoms with Gasteiger partial charge in [-0.05, 0) is 11.8 Å². The lowest BCUT2D eigenvalue weighted by Crippen LogP contribution is -2.19. The highest BCUT2D eigenvalue weighted by molar-refractivity contribution is 8.06. The van der Waals surface area contributed by atoms with Crippen molar-refractivity contribution in [2.75, 3.05) is 23.8 Å². The molecular formula is C13H23N3OS2. The summed E-state index contributed by atoms with van der Waals surface area (Å²) in [6.45, 7) is 7.19. The van der Waals surface area contributed by atoms with Gasteiger partial charge in [-0.25, -0.2) is 0 Å². The second kappa shape index (κ2) is 6.50. The molecule has 0 amide bonds. The summed E-state index contributed by atoms with van der Waals surface area (Å²) in [4.78, 5) is 4.60. The smallest absolute Gasteiger partial charge is 0.231 e. The summed E-state index contributed by atoms with van der Waals surface area (Å²) < 4.78 is 5.45. The highest BCUT2D eigenvalue weighted by Gasteiger charge is 2.27. The van der Waals surface area contributed by atoms with E-state index in [0.29, 0.717) is 17.7 Å². The zero-order valence-electron chi connectivity index (χ0n) is 11.9. The Kier molecular flexibility index (Phi) is 5.20. The van der Waals surface area contributed by atoms with Crippen LogP contribution < -0.4 is 5.73 Å². The van der Waals surface area contributed by atoms with E-state index in [9.17, 15) is 0 Å². The summed E-state index contributed by atoms with van der Waals surface area (Å²) in [6, 6.07) is 0. The van der Waals surface area contributed by atoms with Crippen molar-refractivity contribution in [3.05, 3.63) is 11.7 Å². The molecule has 1 aliphatic heterocycles. The van der Waals surface area contributed by atoms with Crippen LogP contribution in [-0.2, 0) is 0 Å². The summed E-state index contributed by atoms with van der Waals surface area (Å²) in [5, 5.41) is 4.54. The van der Waals surface area contributed by atoms with E-state index in [1.807, 2.05) is 23.5 Å². The van der Waals surface area contributed by atoms with E-state index in [1.54, 1.807) is 0 Å². The lowest BCUT2D eigenvalue weighted by molar-refractivity contribution is 0.286. The van der Waals surface area contributed by atoms with Gasteiger partial charge in [-0.15, -0.1) is 11.8 Å². The molecule has 0 spiro atoms. The fourth-order valence-corrected chi connectivity index (χ4v) is 4.78. The number of hydrogen-bond donors (Lipinski definition) is 1. The Morgan fingerprint density at radius 3 is 2.79 bits per heavy atom. The standard InChI is InChI=1S/C13H23N3OS2/c1-13(2,3)6-9(7-14)12-15-11(16-17-12)10-8-18-4-5-19-10/h9-10H,4-8,14H2,1-3H3. The first-order valence-electron chi connectivity index (χ1n) is 6.72. The van der Waals surface area contributed by atoms with E-state index < -0.39 is 0 Å². The van der Waals surface area contributed by atoms with Gasteiger partial charge in [-0.2, -0.15) is 16.7 Å². The zero-order chi connectivity index (χ0) is 13.9. The Balaban J connectivity index is 2.05. The Labute approximate surface area is 123 Å². The van der Waals surface area contributed by atoms with Crippen LogP contribution in [-0.4, -0.2) is 33.9 Å². The fraction of sp³-hybridized carbons (Fsp3) is 0.846. The first-order valence-corrected chi connectivity index (χ1v) is 8.93. The molecule has 1 aromatic rings. The predicted molar refractivity (Wildman–Crippen MR) is 82.7 cm³/mol. The predicted octanol–water partition coefficient (Wildman–Crippen LogP) is 3.07. The molecule has 2 heterocycles. The average molecular weight is 301 g/mol. The van der Waals surface area contributed by atoms with Gasteiger partial charge in [0.2, 0.25) is 5.89 Å². The molecule has 1 saturated heterocycles. The summed E-state index contributed by atoms with van der Waals surface area (Å²) in [5.41, 5.74) is 6.08. The lowest BCUT2D eigenvalue weighted by Gasteiger charge is -2.22. The maximum absolute atomic E-state index is 5.86. The van der Waals surface area contributed by atoms with Crippen LogP contribution in [0.2, 0.25) is 0 Å². The molecule has 19 heavy (non-hydrogen) atoms. The van der Waals surface area contributed by atoms with Crippen LogP contribution in [0.4, 0.5) is 0 Å². The maximum Gasteiger partial charge on any atom is 0.231 e. The molecular weight excluding hydrogens is 278 g/mol. The van der Waals surface area contributed by atoms with Crippen LogP contribution in [0.15, 0.2) is 4.52 Å². The van der Waals surface area contributed by atoms with E-state index in [4.69, 9.17) is 10.3 Å². The summed E-state index contributed by atoms with van der Waals surface area (Å²) in [6.07, 6.45) is 0.970. The molecule has 1 aliphatic rings. The molecule has 6 heteroatoms. The van der Waals surface area contributed by atoms with Gasteiger partial charge in [0, 0.05) is 23.8 Å². The van der Waals surface area contributed by atoms with Crippen molar-refractivity contribution in [1.82, 2.24) is 10.1 Å². The van der Waals surface area contributed by atoms with Crippen LogP contribution in [0.3, 0.4) is 0 Å². The lowest BCUT2D eigenvalue weighted by atomic mass is 9.84. The number of nitrogens with zero attached hydrogens (tertiary/aromatic N) is 2.